The van der Waals surface area contributed by atoms with Crippen molar-refractivity contribution in [1.82, 2.24) is 5.32 Å². The fourth-order valence-corrected chi connectivity index (χ4v) is 2.82. The van der Waals surface area contributed by atoms with Gasteiger partial charge in [-0.3, -0.25) is 4.79 Å². The van der Waals surface area contributed by atoms with Gasteiger partial charge in [0, 0.05) is 18.0 Å². The molecular formula is C16H24ClNO3S. The second-order valence-electron chi connectivity index (χ2n) is 5.52. The van der Waals surface area contributed by atoms with Crippen LogP contribution in [0.3, 0.4) is 0 Å². The van der Waals surface area contributed by atoms with Crippen LogP contribution >= 0.6 is 23.4 Å². The summed E-state index contributed by atoms with van der Waals surface area (Å²) in [7, 11) is 0. The van der Waals surface area contributed by atoms with E-state index in [0.717, 1.165) is 4.90 Å². The van der Waals surface area contributed by atoms with E-state index in [1.165, 1.54) is 11.8 Å². The van der Waals surface area contributed by atoms with E-state index >= 15 is 0 Å². The van der Waals surface area contributed by atoms with E-state index < -0.39 is 6.10 Å². The summed E-state index contributed by atoms with van der Waals surface area (Å²) in [5.41, 5.74) is 0. The normalized spacial score (nSPS) is 13.9. The zero-order valence-electron chi connectivity index (χ0n) is 13.2. The SMILES string of the molecule is CC(C)COC[C@H](O)CNC(=O)[C@@H](C)Sc1ccccc1Cl. The Morgan fingerprint density at radius 2 is 2.00 bits per heavy atom. The fraction of sp³-hybridized carbons (Fsp3) is 0.562. The lowest BCUT2D eigenvalue weighted by atomic mass is 10.2. The van der Waals surface area contributed by atoms with Crippen molar-refractivity contribution in [2.75, 3.05) is 19.8 Å². The first-order valence-electron chi connectivity index (χ1n) is 7.34. The number of nitrogens with one attached hydrogen (secondary N) is 1. The highest BCUT2D eigenvalue weighted by atomic mass is 35.5. The summed E-state index contributed by atoms with van der Waals surface area (Å²) in [6.07, 6.45) is -0.694. The smallest absolute Gasteiger partial charge is 0.233 e. The van der Waals surface area contributed by atoms with Crippen LogP contribution in [0.25, 0.3) is 0 Å². The van der Waals surface area contributed by atoms with Gasteiger partial charge in [-0.1, -0.05) is 37.6 Å². The molecule has 0 saturated heterocycles. The predicted octanol–water partition coefficient (Wildman–Crippen LogP) is 2.97. The maximum absolute atomic E-state index is 12.0. The summed E-state index contributed by atoms with van der Waals surface area (Å²) < 4.78 is 5.34. The number of carbonyl (C=O) groups is 1. The lowest BCUT2D eigenvalue weighted by Gasteiger charge is -2.16. The zero-order chi connectivity index (χ0) is 16.5. The van der Waals surface area contributed by atoms with Gasteiger partial charge in [0.05, 0.1) is 23.0 Å². The van der Waals surface area contributed by atoms with E-state index in [4.69, 9.17) is 16.3 Å². The molecular weight excluding hydrogens is 322 g/mol. The van der Waals surface area contributed by atoms with Crippen LogP contribution in [0.5, 0.6) is 0 Å². The summed E-state index contributed by atoms with van der Waals surface area (Å²) >= 11 is 7.47. The predicted molar refractivity (Wildman–Crippen MR) is 91.4 cm³/mol. The number of carbonyl (C=O) groups excluding carboxylic acids is 1. The van der Waals surface area contributed by atoms with Crippen molar-refractivity contribution < 1.29 is 14.6 Å². The molecule has 0 spiro atoms. The number of hydrogen-bond donors (Lipinski definition) is 2. The molecule has 0 unspecified atom stereocenters. The maximum atomic E-state index is 12.0. The number of ether oxygens (including phenoxy) is 1. The monoisotopic (exact) mass is 345 g/mol. The summed E-state index contributed by atoms with van der Waals surface area (Å²) in [4.78, 5) is 12.9. The first kappa shape index (κ1) is 19.3. The quantitative estimate of drug-likeness (QED) is 0.675. The summed E-state index contributed by atoms with van der Waals surface area (Å²) in [6, 6.07) is 7.41. The largest absolute Gasteiger partial charge is 0.389 e. The molecule has 1 aromatic rings. The van der Waals surface area contributed by atoms with Crippen LogP contribution in [0.15, 0.2) is 29.2 Å². The standard InChI is InChI=1S/C16H24ClNO3S/c1-11(2)9-21-10-13(19)8-18-16(20)12(3)22-15-7-5-4-6-14(15)17/h4-7,11-13,19H,8-10H2,1-3H3,(H,18,20)/t12-,13-/m1/s1. The van der Waals surface area contributed by atoms with Crippen LogP contribution in [0.2, 0.25) is 5.02 Å². The number of amides is 1. The minimum absolute atomic E-state index is 0.132. The van der Waals surface area contributed by atoms with E-state index in [1.54, 1.807) is 6.07 Å². The molecule has 4 nitrogen and oxygen atoms in total. The number of hydrogen-bond acceptors (Lipinski definition) is 4. The minimum Gasteiger partial charge on any atom is -0.389 e. The summed E-state index contributed by atoms with van der Waals surface area (Å²) in [5, 5.41) is 12.8. The van der Waals surface area contributed by atoms with Gasteiger partial charge in [0.25, 0.3) is 0 Å². The molecule has 0 aliphatic heterocycles. The molecule has 2 N–H and O–H groups in total. The van der Waals surface area contributed by atoms with Gasteiger partial charge < -0.3 is 15.2 Å². The van der Waals surface area contributed by atoms with E-state index in [-0.39, 0.29) is 24.3 Å². The van der Waals surface area contributed by atoms with Crippen molar-refractivity contribution in [3.63, 3.8) is 0 Å². The fourth-order valence-electron chi connectivity index (χ4n) is 1.65. The van der Waals surface area contributed by atoms with Gasteiger partial charge in [-0.05, 0) is 25.0 Å². The van der Waals surface area contributed by atoms with Crippen LogP contribution in [0, 0.1) is 5.92 Å². The van der Waals surface area contributed by atoms with Gasteiger partial charge >= 0.3 is 0 Å². The van der Waals surface area contributed by atoms with Crippen LogP contribution < -0.4 is 5.32 Å². The highest BCUT2D eigenvalue weighted by Crippen LogP contribution is 2.29. The summed E-state index contributed by atoms with van der Waals surface area (Å²) in [5.74, 6) is 0.293. The van der Waals surface area contributed by atoms with Crippen molar-refractivity contribution in [3.8, 4) is 0 Å². The highest BCUT2D eigenvalue weighted by Gasteiger charge is 2.16. The maximum Gasteiger partial charge on any atom is 0.233 e. The molecule has 2 atom stereocenters. The van der Waals surface area contributed by atoms with E-state index in [0.29, 0.717) is 17.5 Å². The van der Waals surface area contributed by atoms with Crippen LogP contribution in [-0.4, -0.2) is 42.1 Å². The van der Waals surface area contributed by atoms with Crippen molar-refractivity contribution in [2.24, 2.45) is 5.92 Å². The minimum atomic E-state index is -0.694. The molecule has 0 aromatic heterocycles. The second kappa shape index (κ2) is 10.1. The molecule has 0 saturated carbocycles. The van der Waals surface area contributed by atoms with Crippen LogP contribution in [0.4, 0.5) is 0 Å². The number of thioether (sulfide) groups is 1. The first-order chi connectivity index (χ1) is 10.4. The van der Waals surface area contributed by atoms with Gasteiger partial charge in [0.2, 0.25) is 5.91 Å². The Morgan fingerprint density at radius 1 is 1.32 bits per heavy atom. The Bertz CT molecular complexity index is 470. The summed E-state index contributed by atoms with van der Waals surface area (Å²) in [6.45, 7) is 6.91. The Labute approximate surface area is 141 Å². The molecule has 1 aromatic carbocycles. The molecule has 0 aliphatic carbocycles. The average Bonchev–Trinajstić information content (AvgIpc) is 2.46. The molecule has 0 radical (unpaired) electrons. The van der Waals surface area contributed by atoms with E-state index in [2.05, 4.69) is 5.32 Å². The highest BCUT2D eigenvalue weighted by molar-refractivity contribution is 8.00. The van der Waals surface area contributed by atoms with Crippen molar-refractivity contribution in [1.29, 1.82) is 0 Å². The van der Waals surface area contributed by atoms with Gasteiger partial charge in [-0.25, -0.2) is 0 Å². The van der Waals surface area contributed by atoms with Gasteiger partial charge in [0.1, 0.15) is 0 Å². The van der Waals surface area contributed by atoms with Crippen molar-refractivity contribution in [2.45, 2.75) is 37.0 Å². The third-order valence-corrected chi connectivity index (χ3v) is 4.40. The Balaban J connectivity index is 2.31. The van der Waals surface area contributed by atoms with Gasteiger partial charge in [-0.15, -0.1) is 11.8 Å². The molecule has 0 fully saturated rings. The lowest BCUT2D eigenvalue weighted by Crippen LogP contribution is -2.38. The molecule has 0 bridgehead atoms. The molecule has 0 heterocycles. The molecule has 0 aliphatic rings. The Morgan fingerprint density at radius 3 is 2.64 bits per heavy atom. The number of aliphatic hydroxyl groups excluding tert-OH is 1. The third-order valence-electron chi connectivity index (χ3n) is 2.78. The van der Waals surface area contributed by atoms with Crippen molar-refractivity contribution >= 4 is 29.3 Å². The Hall–Kier alpha value is -0.750. The number of benzene rings is 1. The topological polar surface area (TPSA) is 58.6 Å². The van der Waals surface area contributed by atoms with Crippen molar-refractivity contribution in [3.05, 3.63) is 29.3 Å². The molecule has 1 amide bonds. The number of rotatable bonds is 9. The zero-order valence-corrected chi connectivity index (χ0v) is 14.8. The van der Waals surface area contributed by atoms with Crippen LogP contribution in [0.1, 0.15) is 20.8 Å². The average molecular weight is 346 g/mol. The lowest BCUT2D eigenvalue weighted by molar-refractivity contribution is -0.121. The third kappa shape index (κ3) is 7.49. The molecule has 22 heavy (non-hydrogen) atoms. The Kier molecular flexibility index (Phi) is 8.86. The van der Waals surface area contributed by atoms with Gasteiger partial charge in [-0.2, -0.15) is 0 Å². The number of halogens is 1. The van der Waals surface area contributed by atoms with E-state index in [9.17, 15) is 9.90 Å². The number of aliphatic hydroxyl groups is 1. The first-order valence-corrected chi connectivity index (χ1v) is 8.60. The van der Waals surface area contributed by atoms with Gasteiger partial charge in [0.15, 0.2) is 0 Å². The second-order valence-corrected chi connectivity index (χ2v) is 7.31. The van der Waals surface area contributed by atoms with E-state index in [1.807, 2.05) is 39.0 Å². The molecule has 1 rings (SSSR count). The molecule has 124 valence electrons. The van der Waals surface area contributed by atoms with Crippen LogP contribution in [-0.2, 0) is 9.53 Å². The molecule has 6 heteroatoms.